The highest BCUT2D eigenvalue weighted by Gasteiger charge is 2.32. The van der Waals surface area contributed by atoms with E-state index in [9.17, 15) is 4.79 Å². The number of benzene rings is 2. The number of rotatable bonds is 5. The van der Waals surface area contributed by atoms with E-state index in [4.69, 9.17) is 0 Å². The van der Waals surface area contributed by atoms with Crippen LogP contribution in [0.25, 0.3) is 10.9 Å². The molecule has 2 fully saturated rings. The van der Waals surface area contributed by atoms with Crippen molar-refractivity contribution in [2.75, 3.05) is 19.6 Å². The Morgan fingerprint density at radius 1 is 0.967 bits per heavy atom. The maximum Gasteiger partial charge on any atom is 0.251 e. The lowest BCUT2D eigenvalue weighted by Crippen LogP contribution is -2.51. The van der Waals surface area contributed by atoms with Crippen molar-refractivity contribution < 1.29 is 4.79 Å². The van der Waals surface area contributed by atoms with Crippen molar-refractivity contribution in [2.45, 2.75) is 44.7 Å². The highest BCUT2D eigenvalue weighted by Crippen LogP contribution is 2.30. The number of hydrogen-bond donors (Lipinski definition) is 1. The monoisotopic (exact) mass is 401 g/mol. The van der Waals surface area contributed by atoms with Crippen LogP contribution in [0.2, 0.25) is 0 Å². The van der Waals surface area contributed by atoms with E-state index < -0.39 is 0 Å². The second-order valence-electron chi connectivity index (χ2n) is 8.91. The molecule has 2 aliphatic rings. The number of carbonyl (C=O) groups excluding carboxylic acids is 1. The van der Waals surface area contributed by atoms with Crippen LogP contribution in [0.15, 0.2) is 60.8 Å². The normalized spacial score (nSPS) is 22.0. The van der Waals surface area contributed by atoms with Gasteiger partial charge in [0.05, 0.1) is 0 Å². The molecule has 2 aliphatic heterocycles. The zero-order chi connectivity index (χ0) is 20.3. The van der Waals surface area contributed by atoms with Gasteiger partial charge in [0.15, 0.2) is 0 Å². The predicted molar refractivity (Wildman–Crippen MR) is 122 cm³/mol. The van der Waals surface area contributed by atoms with Crippen LogP contribution >= 0.6 is 0 Å². The lowest BCUT2D eigenvalue weighted by molar-refractivity contribution is 0.0575. The average molecular weight is 402 g/mol. The molecule has 0 bridgehead atoms. The molecule has 156 valence electrons. The van der Waals surface area contributed by atoms with Crippen molar-refractivity contribution in [2.24, 2.45) is 5.92 Å². The van der Waals surface area contributed by atoms with E-state index in [-0.39, 0.29) is 5.91 Å². The van der Waals surface area contributed by atoms with Crippen LogP contribution in [0.4, 0.5) is 0 Å². The minimum atomic E-state index is 0.0531. The highest BCUT2D eigenvalue weighted by molar-refractivity contribution is 5.98. The van der Waals surface area contributed by atoms with Crippen LogP contribution in [0.1, 0.15) is 48.0 Å². The van der Waals surface area contributed by atoms with Crippen LogP contribution in [-0.2, 0) is 6.54 Å². The third-order valence-corrected chi connectivity index (χ3v) is 6.99. The standard InChI is InChI=1S/C26H31N3O/c30-26(27-18-23-9-6-15-28-14-5-4-10-24(23)28)22-12-11-21-13-16-29(25(21)17-22)19-20-7-2-1-3-8-20/h1-3,7-8,11-13,16-17,23-24H,4-6,9-10,14-15,18-19H2,(H,27,30). The lowest BCUT2D eigenvalue weighted by atomic mass is 9.83. The van der Waals surface area contributed by atoms with E-state index >= 15 is 0 Å². The van der Waals surface area contributed by atoms with Crippen molar-refractivity contribution in [1.82, 2.24) is 14.8 Å². The van der Waals surface area contributed by atoms with Crippen molar-refractivity contribution in [3.05, 3.63) is 71.9 Å². The first-order chi connectivity index (χ1) is 14.8. The van der Waals surface area contributed by atoms with Gasteiger partial charge in [-0.1, -0.05) is 42.8 Å². The summed E-state index contributed by atoms with van der Waals surface area (Å²) in [4.78, 5) is 15.6. The molecule has 2 atom stereocenters. The molecule has 0 spiro atoms. The number of nitrogens with zero attached hydrogens (tertiary/aromatic N) is 2. The summed E-state index contributed by atoms with van der Waals surface area (Å²) in [5, 5.41) is 4.43. The van der Waals surface area contributed by atoms with Crippen LogP contribution in [0, 0.1) is 5.92 Å². The van der Waals surface area contributed by atoms with Crippen LogP contribution in [0.3, 0.4) is 0 Å². The number of nitrogens with one attached hydrogen (secondary N) is 1. The molecule has 2 unspecified atom stereocenters. The van der Waals surface area contributed by atoms with Gasteiger partial charge in [-0.25, -0.2) is 0 Å². The molecule has 30 heavy (non-hydrogen) atoms. The van der Waals surface area contributed by atoms with E-state index in [1.807, 2.05) is 18.2 Å². The van der Waals surface area contributed by atoms with Gasteiger partial charge >= 0.3 is 0 Å². The molecule has 2 aromatic carbocycles. The molecule has 0 aliphatic carbocycles. The largest absolute Gasteiger partial charge is 0.352 e. The topological polar surface area (TPSA) is 37.3 Å². The Kier molecular flexibility index (Phi) is 5.58. The van der Waals surface area contributed by atoms with Gasteiger partial charge < -0.3 is 14.8 Å². The van der Waals surface area contributed by atoms with Crippen LogP contribution < -0.4 is 5.32 Å². The van der Waals surface area contributed by atoms with Crippen LogP contribution in [-0.4, -0.2) is 41.1 Å². The molecular formula is C26H31N3O. The molecule has 0 radical (unpaired) electrons. The third-order valence-electron chi connectivity index (χ3n) is 6.99. The molecule has 1 amide bonds. The lowest BCUT2D eigenvalue weighted by Gasteiger charge is -2.44. The number of fused-ring (bicyclic) bond motifs is 2. The van der Waals surface area contributed by atoms with Gasteiger partial charge in [0.2, 0.25) is 0 Å². The molecule has 5 rings (SSSR count). The maximum atomic E-state index is 12.9. The average Bonchev–Trinajstić information content (AvgIpc) is 3.20. The molecule has 1 N–H and O–H groups in total. The number of aromatic nitrogens is 1. The summed E-state index contributed by atoms with van der Waals surface area (Å²) in [7, 11) is 0. The van der Waals surface area contributed by atoms with E-state index in [1.165, 1.54) is 56.1 Å². The van der Waals surface area contributed by atoms with Gasteiger partial charge in [0, 0.05) is 36.4 Å². The third kappa shape index (κ3) is 4.01. The quantitative estimate of drug-likeness (QED) is 0.674. The molecule has 3 heterocycles. The summed E-state index contributed by atoms with van der Waals surface area (Å²) in [5.41, 5.74) is 3.13. The van der Waals surface area contributed by atoms with Gasteiger partial charge in [0.1, 0.15) is 0 Å². The summed E-state index contributed by atoms with van der Waals surface area (Å²) in [6.07, 6.45) is 8.56. The molecule has 0 saturated carbocycles. The Hall–Kier alpha value is -2.59. The van der Waals surface area contributed by atoms with Crippen LogP contribution in [0.5, 0.6) is 0 Å². The van der Waals surface area contributed by atoms with E-state index in [0.29, 0.717) is 12.0 Å². The number of piperidine rings is 2. The fraction of sp³-hybridized carbons (Fsp3) is 0.423. The Balaban J connectivity index is 1.28. The first kappa shape index (κ1) is 19.4. The van der Waals surface area contributed by atoms with E-state index in [1.54, 1.807) is 0 Å². The number of carbonyl (C=O) groups is 1. The summed E-state index contributed by atoms with van der Waals surface area (Å²) in [5.74, 6) is 0.644. The summed E-state index contributed by atoms with van der Waals surface area (Å²) in [6.45, 7) is 4.09. The Bertz CT molecular complexity index is 1010. The summed E-state index contributed by atoms with van der Waals surface area (Å²) in [6, 6.07) is 19.3. The first-order valence-corrected chi connectivity index (χ1v) is 11.4. The first-order valence-electron chi connectivity index (χ1n) is 11.4. The smallest absolute Gasteiger partial charge is 0.251 e. The minimum Gasteiger partial charge on any atom is -0.352 e. The van der Waals surface area contributed by atoms with Gasteiger partial charge in [-0.3, -0.25) is 4.79 Å². The Morgan fingerprint density at radius 2 is 1.83 bits per heavy atom. The predicted octanol–water partition coefficient (Wildman–Crippen LogP) is 4.68. The highest BCUT2D eigenvalue weighted by atomic mass is 16.1. The minimum absolute atomic E-state index is 0.0531. The van der Waals surface area contributed by atoms with Crippen molar-refractivity contribution >= 4 is 16.8 Å². The number of hydrogen-bond acceptors (Lipinski definition) is 2. The van der Waals surface area contributed by atoms with Gasteiger partial charge in [-0.2, -0.15) is 0 Å². The SMILES string of the molecule is O=C(NCC1CCCN2CCCCC12)c1ccc2ccn(Cc3ccccc3)c2c1. The second kappa shape index (κ2) is 8.65. The fourth-order valence-corrected chi connectivity index (χ4v) is 5.38. The molecule has 4 nitrogen and oxygen atoms in total. The molecule has 3 aromatic rings. The fourth-order valence-electron chi connectivity index (χ4n) is 5.38. The Morgan fingerprint density at radius 3 is 2.73 bits per heavy atom. The molecular weight excluding hydrogens is 370 g/mol. The zero-order valence-electron chi connectivity index (χ0n) is 17.6. The van der Waals surface area contributed by atoms with E-state index in [2.05, 4.69) is 57.4 Å². The zero-order valence-corrected chi connectivity index (χ0v) is 17.6. The van der Waals surface area contributed by atoms with Gasteiger partial charge in [-0.15, -0.1) is 0 Å². The van der Waals surface area contributed by atoms with Crippen molar-refractivity contribution in [1.29, 1.82) is 0 Å². The summed E-state index contributed by atoms with van der Waals surface area (Å²) < 4.78 is 2.22. The summed E-state index contributed by atoms with van der Waals surface area (Å²) >= 11 is 0. The second-order valence-corrected chi connectivity index (χ2v) is 8.91. The Labute approximate surface area is 178 Å². The molecule has 2 saturated heterocycles. The van der Waals surface area contributed by atoms with Crippen molar-refractivity contribution in [3.8, 4) is 0 Å². The molecule has 1 aromatic heterocycles. The number of amides is 1. The molecule has 4 heteroatoms. The van der Waals surface area contributed by atoms with E-state index in [0.717, 1.165) is 24.2 Å². The maximum absolute atomic E-state index is 12.9. The van der Waals surface area contributed by atoms with Gasteiger partial charge in [0.25, 0.3) is 5.91 Å². The van der Waals surface area contributed by atoms with Crippen molar-refractivity contribution in [3.63, 3.8) is 0 Å². The van der Waals surface area contributed by atoms with Gasteiger partial charge in [-0.05, 0) is 73.8 Å².